The molecule has 1 atom stereocenters. The Balaban J connectivity index is 3.64. The van der Waals surface area contributed by atoms with Crippen LogP contribution in [0.5, 0.6) is 0 Å². The molecule has 0 aliphatic heterocycles. The van der Waals surface area contributed by atoms with E-state index in [1.54, 1.807) is 7.11 Å². The zero-order valence-electron chi connectivity index (χ0n) is 9.42. The second kappa shape index (κ2) is 8.95. The summed E-state index contributed by atoms with van der Waals surface area (Å²) in [5.41, 5.74) is 0. The van der Waals surface area contributed by atoms with Crippen LogP contribution in [0.2, 0.25) is 0 Å². The van der Waals surface area contributed by atoms with Gasteiger partial charge in [0.15, 0.2) is 0 Å². The van der Waals surface area contributed by atoms with Crippen molar-refractivity contribution in [3.63, 3.8) is 0 Å². The van der Waals surface area contributed by atoms with Crippen molar-refractivity contribution in [1.29, 1.82) is 5.26 Å². The molecule has 0 heterocycles. The minimum atomic E-state index is -0.0724. The summed E-state index contributed by atoms with van der Waals surface area (Å²) in [5.74, 6) is 0. The lowest BCUT2D eigenvalue weighted by atomic mass is 10.3. The molecule has 0 aromatic rings. The van der Waals surface area contributed by atoms with Crippen molar-refractivity contribution >= 4 is 0 Å². The molecule has 4 heteroatoms. The number of nitriles is 1. The monoisotopic (exact) mass is 199 g/mol. The van der Waals surface area contributed by atoms with Crippen LogP contribution in [0.4, 0.5) is 0 Å². The van der Waals surface area contributed by atoms with Crippen molar-refractivity contribution in [2.45, 2.75) is 19.4 Å². The smallest absolute Gasteiger partial charge is 0.108 e. The topological polar surface area (TPSA) is 48.3 Å². The summed E-state index contributed by atoms with van der Waals surface area (Å²) in [7, 11) is 3.68. The first kappa shape index (κ1) is 13.4. The molecule has 0 spiro atoms. The lowest BCUT2D eigenvalue weighted by Gasteiger charge is -2.19. The SMILES string of the molecule is CCCNC(C#N)CN(C)CCOC. The molecule has 0 fully saturated rings. The number of likely N-dealkylation sites (N-methyl/N-ethyl adjacent to an activating group) is 1. The molecule has 0 aliphatic rings. The maximum atomic E-state index is 8.86. The van der Waals surface area contributed by atoms with E-state index in [-0.39, 0.29) is 6.04 Å². The van der Waals surface area contributed by atoms with Crippen LogP contribution < -0.4 is 5.32 Å². The van der Waals surface area contributed by atoms with Crippen LogP contribution in [-0.4, -0.2) is 51.3 Å². The van der Waals surface area contributed by atoms with E-state index in [1.165, 1.54) is 0 Å². The zero-order valence-corrected chi connectivity index (χ0v) is 9.42. The van der Waals surface area contributed by atoms with Gasteiger partial charge in [0.05, 0.1) is 12.7 Å². The molecule has 1 N–H and O–H groups in total. The normalized spacial score (nSPS) is 12.8. The summed E-state index contributed by atoms with van der Waals surface area (Å²) in [4.78, 5) is 2.10. The molecule has 0 rings (SSSR count). The van der Waals surface area contributed by atoms with Crippen LogP contribution in [0.3, 0.4) is 0 Å². The summed E-state index contributed by atoms with van der Waals surface area (Å²) in [6.07, 6.45) is 1.06. The molecule has 0 radical (unpaired) electrons. The van der Waals surface area contributed by atoms with Crippen molar-refractivity contribution in [1.82, 2.24) is 10.2 Å². The average molecular weight is 199 g/mol. The van der Waals surface area contributed by atoms with Crippen LogP contribution in [0.15, 0.2) is 0 Å². The summed E-state index contributed by atoms with van der Waals surface area (Å²) < 4.78 is 4.96. The maximum Gasteiger partial charge on any atom is 0.108 e. The van der Waals surface area contributed by atoms with Crippen LogP contribution in [0, 0.1) is 11.3 Å². The van der Waals surface area contributed by atoms with Gasteiger partial charge in [0.1, 0.15) is 6.04 Å². The predicted octanol–water partition coefficient (Wildman–Crippen LogP) is 0.456. The van der Waals surface area contributed by atoms with Gasteiger partial charge in [-0.25, -0.2) is 0 Å². The highest BCUT2D eigenvalue weighted by atomic mass is 16.5. The Labute approximate surface area is 86.8 Å². The number of nitrogens with one attached hydrogen (secondary N) is 1. The quantitative estimate of drug-likeness (QED) is 0.617. The lowest BCUT2D eigenvalue weighted by Crippen LogP contribution is -2.39. The Hall–Kier alpha value is -0.630. The fraction of sp³-hybridized carbons (Fsp3) is 0.900. The third kappa shape index (κ3) is 6.84. The van der Waals surface area contributed by atoms with Gasteiger partial charge in [0, 0.05) is 20.2 Å². The Bertz CT molecular complexity index is 167. The van der Waals surface area contributed by atoms with E-state index in [9.17, 15) is 0 Å². The molecule has 0 aliphatic carbocycles. The molecule has 0 amide bonds. The number of methoxy groups -OCH3 is 1. The summed E-state index contributed by atoms with van der Waals surface area (Å²) in [5, 5.41) is 12.0. The molecular formula is C10H21N3O. The first-order valence-corrected chi connectivity index (χ1v) is 5.05. The Morgan fingerprint density at radius 1 is 1.57 bits per heavy atom. The van der Waals surface area contributed by atoms with Gasteiger partial charge >= 0.3 is 0 Å². The van der Waals surface area contributed by atoms with Gasteiger partial charge in [0.25, 0.3) is 0 Å². The fourth-order valence-corrected chi connectivity index (χ4v) is 1.12. The van der Waals surface area contributed by atoms with Crippen molar-refractivity contribution in [2.24, 2.45) is 0 Å². The van der Waals surface area contributed by atoms with Gasteiger partial charge in [-0.2, -0.15) is 5.26 Å². The third-order valence-corrected chi connectivity index (χ3v) is 1.97. The van der Waals surface area contributed by atoms with Crippen LogP contribution in [0.25, 0.3) is 0 Å². The van der Waals surface area contributed by atoms with E-state index < -0.39 is 0 Å². The van der Waals surface area contributed by atoms with Gasteiger partial charge in [-0.05, 0) is 20.0 Å². The molecule has 0 saturated carbocycles. The van der Waals surface area contributed by atoms with Crippen molar-refractivity contribution in [3.8, 4) is 6.07 Å². The Kier molecular flexibility index (Phi) is 8.54. The highest BCUT2D eigenvalue weighted by Crippen LogP contribution is 1.89. The van der Waals surface area contributed by atoms with Gasteiger partial charge in [-0.15, -0.1) is 0 Å². The van der Waals surface area contributed by atoms with E-state index in [1.807, 2.05) is 7.05 Å². The standard InChI is InChI=1S/C10H21N3O/c1-4-5-12-10(8-11)9-13(2)6-7-14-3/h10,12H,4-7,9H2,1-3H3. The Morgan fingerprint density at radius 2 is 2.29 bits per heavy atom. The number of hydrogen-bond donors (Lipinski definition) is 1. The van der Waals surface area contributed by atoms with Crippen molar-refractivity contribution in [3.05, 3.63) is 0 Å². The first-order valence-electron chi connectivity index (χ1n) is 5.05. The van der Waals surface area contributed by atoms with E-state index in [0.717, 1.165) is 26.1 Å². The summed E-state index contributed by atoms with van der Waals surface area (Å²) in [6, 6.07) is 2.18. The molecule has 14 heavy (non-hydrogen) atoms. The lowest BCUT2D eigenvalue weighted by molar-refractivity contribution is 0.158. The first-order chi connectivity index (χ1) is 6.74. The Morgan fingerprint density at radius 3 is 2.79 bits per heavy atom. The number of hydrogen-bond acceptors (Lipinski definition) is 4. The molecule has 0 saturated heterocycles. The number of nitrogens with zero attached hydrogens (tertiary/aromatic N) is 2. The van der Waals surface area contributed by atoms with Gasteiger partial charge < -0.3 is 15.0 Å². The number of rotatable bonds is 8. The zero-order chi connectivity index (χ0) is 10.8. The molecule has 82 valence electrons. The second-order valence-corrected chi connectivity index (χ2v) is 3.39. The van der Waals surface area contributed by atoms with Gasteiger partial charge in [-0.3, -0.25) is 0 Å². The fourth-order valence-electron chi connectivity index (χ4n) is 1.12. The molecule has 0 bridgehead atoms. The number of ether oxygens (including phenoxy) is 1. The molecule has 4 nitrogen and oxygen atoms in total. The molecule has 0 aromatic heterocycles. The minimum absolute atomic E-state index is 0.0724. The molecular weight excluding hydrogens is 178 g/mol. The van der Waals surface area contributed by atoms with Gasteiger partial charge in [0.2, 0.25) is 0 Å². The van der Waals surface area contributed by atoms with Crippen molar-refractivity contribution < 1.29 is 4.74 Å². The highest BCUT2D eigenvalue weighted by molar-refractivity contribution is 4.91. The predicted molar refractivity (Wildman–Crippen MR) is 57.1 cm³/mol. The highest BCUT2D eigenvalue weighted by Gasteiger charge is 2.08. The molecule has 0 aromatic carbocycles. The van der Waals surface area contributed by atoms with E-state index in [2.05, 4.69) is 23.2 Å². The second-order valence-electron chi connectivity index (χ2n) is 3.39. The maximum absolute atomic E-state index is 8.86. The van der Waals surface area contributed by atoms with E-state index in [0.29, 0.717) is 6.61 Å². The summed E-state index contributed by atoms with van der Waals surface area (Å²) >= 11 is 0. The van der Waals surface area contributed by atoms with Crippen LogP contribution in [-0.2, 0) is 4.74 Å². The average Bonchev–Trinajstić information content (AvgIpc) is 2.21. The van der Waals surface area contributed by atoms with Crippen molar-refractivity contribution in [2.75, 3.05) is 40.4 Å². The van der Waals surface area contributed by atoms with E-state index >= 15 is 0 Å². The summed E-state index contributed by atoms with van der Waals surface area (Å²) in [6.45, 7) is 5.32. The van der Waals surface area contributed by atoms with Crippen LogP contribution in [0.1, 0.15) is 13.3 Å². The van der Waals surface area contributed by atoms with Crippen LogP contribution >= 0.6 is 0 Å². The minimum Gasteiger partial charge on any atom is -0.383 e. The molecule has 1 unspecified atom stereocenters. The van der Waals surface area contributed by atoms with Gasteiger partial charge in [-0.1, -0.05) is 6.92 Å². The van der Waals surface area contributed by atoms with E-state index in [4.69, 9.17) is 10.00 Å². The largest absolute Gasteiger partial charge is 0.383 e. The third-order valence-electron chi connectivity index (χ3n) is 1.97.